The van der Waals surface area contributed by atoms with Crippen LogP contribution in [0.5, 0.6) is 0 Å². The molecular weight excluding hydrogens is 244 g/mol. The van der Waals surface area contributed by atoms with Gasteiger partial charge in [0.25, 0.3) is 0 Å². The third kappa shape index (κ3) is 1.85. The summed E-state index contributed by atoms with van der Waals surface area (Å²) in [6.07, 6.45) is 0.297. The van der Waals surface area contributed by atoms with Gasteiger partial charge in [-0.15, -0.1) is 0 Å². The predicted octanol–water partition coefficient (Wildman–Crippen LogP) is 1.63. The molecule has 2 N–H and O–H groups in total. The first-order chi connectivity index (χ1) is 9.06. The molecule has 1 fully saturated rings. The van der Waals surface area contributed by atoms with Crippen molar-refractivity contribution in [2.24, 2.45) is 0 Å². The molecule has 6 heteroatoms. The number of aryl methyl sites for hydroxylation is 2. The lowest BCUT2D eigenvalue weighted by Gasteiger charge is -2.24. The minimum atomic E-state index is -0.414. The van der Waals surface area contributed by atoms with E-state index < -0.39 is 6.03 Å². The smallest absolute Gasteiger partial charge is 0.278 e. The number of aromatic nitrogens is 2. The summed E-state index contributed by atoms with van der Waals surface area (Å²) in [4.78, 5) is 24.5. The van der Waals surface area contributed by atoms with Crippen LogP contribution in [0.2, 0.25) is 0 Å². The van der Waals surface area contributed by atoms with Crippen molar-refractivity contribution in [2.75, 3.05) is 11.4 Å². The summed E-state index contributed by atoms with van der Waals surface area (Å²) >= 11 is 0. The predicted molar refractivity (Wildman–Crippen MR) is 71.1 cm³/mol. The van der Waals surface area contributed by atoms with Gasteiger partial charge in [-0.2, -0.15) is 5.10 Å². The Morgan fingerprint density at radius 2 is 1.95 bits per heavy atom. The highest BCUT2D eigenvalue weighted by Gasteiger charge is 2.27. The number of urea groups is 1. The van der Waals surface area contributed by atoms with Crippen LogP contribution in [0.15, 0.2) is 12.1 Å². The lowest BCUT2D eigenvalue weighted by molar-refractivity contribution is -0.120. The molecule has 0 aliphatic carbocycles. The number of rotatable bonds is 1. The van der Waals surface area contributed by atoms with E-state index in [2.05, 4.69) is 15.5 Å². The molecule has 0 saturated carbocycles. The molecule has 3 rings (SSSR count). The van der Waals surface area contributed by atoms with Gasteiger partial charge >= 0.3 is 6.03 Å². The number of nitrogens with zero attached hydrogens (tertiary/aromatic N) is 2. The number of imide groups is 1. The summed E-state index contributed by atoms with van der Waals surface area (Å²) in [5.74, 6) is 0.330. The van der Waals surface area contributed by atoms with Gasteiger partial charge in [0.15, 0.2) is 5.82 Å². The molecule has 0 bridgehead atoms. The number of benzene rings is 1. The minimum Gasteiger partial charge on any atom is -0.278 e. The number of nitrogens with one attached hydrogen (secondary N) is 2. The topological polar surface area (TPSA) is 78.1 Å². The molecule has 1 aliphatic rings. The summed E-state index contributed by atoms with van der Waals surface area (Å²) in [5, 5.41) is 10.3. The maximum absolute atomic E-state index is 11.8. The number of H-pyrrole nitrogens is 1. The van der Waals surface area contributed by atoms with Gasteiger partial charge in [-0.3, -0.25) is 20.1 Å². The van der Waals surface area contributed by atoms with E-state index in [4.69, 9.17) is 0 Å². The number of anilines is 1. The third-order valence-electron chi connectivity index (χ3n) is 3.47. The van der Waals surface area contributed by atoms with Gasteiger partial charge in [-0.1, -0.05) is 0 Å². The minimum absolute atomic E-state index is 0.242. The van der Waals surface area contributed by atoms with Gasteiger partial charge < -0.3 is 0 Å². The van der Waals surface area contributed by atoms with E-state index in [1.165, 1.54) is 10.5 Å². The quantitative estimate of drug-likeness (QED) is 0.816. The largest absolute Gasteiger partial charge is 0.329 e. The first-order valence-corrected chi connectivity index (χ1v) is 6.13. The average molecular weight is 258 g/mol. The number of fused-ring (bicyclic) bond motifs is 1. The second-order valence-corrected chi connectivity index (χ2v) is 4.78. The van der Waals surface area contributed by atoms with Crippen molar-refractivity contribution < 1.29 is 9.59 Å². The van der Waals surface area contributed by atoms with Crippen molar-refractivity contribution in [3.63, 3.8) is 0 Å². The SMILES string of the molecule is Cc1cc2[nH]nc(N3CCC(=O)NC3=O)c2cc1C. The molecule has 19 heavy (non-hydrogen) atoms. The maximum atomic E-state index is 11.8. The number of amides is 3. The van der Waals surface area contributed by atoms with E-state index >= 15 is 0 Å². The Hall–Kier alpha value is -2.37. The van der Waals surface area contributed by atoms with Crippen LogP contribution in [0, 0.1) is 13.8 Å². The molecule has 1 aliphatic heterocycles. The molecule has 1 aromatic carbocycles. The molecule has 0 spiro atoms. The second-order valence-electron chi connectivity index (χ2n) is 4.78. The highest BCUT2D eigenvalue weighted by atomic mass is 16.2. The van der Waals surface area contributed by atoms with Crippen LogP contribution in [0.4, 0.5) is 10.6 Å². The molecular formula is C13H14N4O2. The lowest BCUT2D eigenvalue weighted by Crippen LogP contribution is -2.49. The van der Waals surface area contributed by atoms with Crippen molar-refractivity contribution in [1.29, 1.82) is 0 Å². The van der Waals surface area contributed by atoms with Crippen LogP contribution >= 0.6 is 0 Å². The van der Waals surface area contributed by atoms with Crippen LogP contribution in [0.3, 0.4) is 0 Å². The Balaban J connectivity index is 2.08. The van der Waals surface area contributed by atoms with E-state index in [0.29, 0.717) is 18.8 Å². The summed E-state index contributed by atoms with van der Waals surface area (Å²) in [6, 6.07) is 3.60. The Labute approximate surface area is 109 Å². The molecule has 2 aromatic rings. The second kappa shape index (κ2) is 4.08. The molecule has 6 nitrogen and oxygen atoms in total. The van der Waals surface area contributed by atoms with Gasteiger partial charge in [-0.05, 0) is 37.1 Å². The fraction of sp³-hybridized carbons (Fsp3) is 0.308. The van der Waals surface area contributed by atoms with Crippen molar-refractivity contribution in [2.45, 2.75) is 20.3 Å². The van der Waals surface area contributed by atoms with Crippen LogP contribution in [0.25, 0.3) is 10.9 Å². The molecule has 1 saturated heterocycles. The van der Waals surface area contributed by atoms with E-state index in [0.717, 1.165) is 16.5 Å². The van der Waals surface area contributed by atoms with E-state index in [-0.39, 0.29) is 5.91 Å². The van der Waals surface area contributed by atoms with Gasteiger partial charge in [-0.25, -0.2) is 4.79 Å². The molecule has 98 valence electrons. The molecule has 3 amide bonds. The van der Waals surface area contributed by atoms with Crippen LogP contribution in [-0.2, 0) is 4.79 Å². The van der Waals surface area contributed by atoms with Crippen molar-refractivity contribution in [3.8, 4) is 0 Å². The van der Waals surface area contributed by atoms with E-state index in [1.807, 2.05) is 26.0 Å². The monoisotopic (exact) mass is 258 g/mol. The number of hydrogen-bond acceptors (Lipinski definition) is 3. The Morgan fingerprint density at radius 1 is 1.21 bits per heavy atom. The summed E-state index contributed by atoms with van der Waals surface area (Å²) in [6.45, 7) is 4.41. The molecule has 0 radical (unpaired) electrons. The van der Waals surface area contributed by atoms with Crippen molar-refractivity contribution in [1.82, 2.24) is 15.5 Å². The molecule has 1 aromatic heterocycles. The Morgan fingerprint density at radius 3 is 2.68 bits per heavy atom. The highest BCUT2D eigenvalue weighted by Crippen LogP contribution is 2.27. The highest BCUT2D eigenvalue weighted by molar-refractivity contribution is 6.08. The maximum Gasteiger partial charge on any atom is 0.329 e. The summed E-state index contributed by atoms with van der Waals surface area (Å²) in [7, 11) is 0. The van der Waals surface area contributed by atoms with Crippen LogP contribution in [-0.4, -0.2) is 28.7 Å². The van der Waals surface area contributed by atoms with Crippen LogP contribution < -0.4 is 10.2 Å². The summed E-state index contributed by atoms with van der Waals surface area (Å²) < 4.78 is 0. The van der Waals surface area contributed by atoms with Gasteiger partial charge in [0, 0.05) is 18.4 Å². The number of carbonyl (C=O) groups is 2. The zero-order chi connectivity index (χ0) is 13.6. The Bertz CT molecular complexity index is 689. The fourth-order valence-corrected chi connectivity index (χ4v) is 2.24. The van der Waals surface area contributed by atoms with Gasteiger partial charge in [0.2, 0.25) is 5.91 Å². The Kier molecular flexibility index (Phi) is 2.51. The van der Waals surface area contributed by atoms with Crippen molar-refractivity contribution in [3.05, 3.63) is 23.3 Å². The third-order valence-corrected chi connectivity index (χ3v) is 3.47. The zero-order valence-electron chi connectivity index (χ0n) is 10.8. The first kappa shape index (κ1) is 11.7. The number of carbonyl (C=O) groups excluding carboxylic acids is 2. The standard InChI is InChI=1S/C13H14N4O2/c1-7-5-9-10(6-8(7)2)15-16-12(9)17-4-3-11(18)14-13(17)19/h5-6H,3-4H2,1-2H3,(H,15,16)(H,14,18,19). The van der Waals surface area contributed by atoms with E-state index in [9.17, 15) is 9.59 Å². The average Bonchev–Trinajstić information content (AvgIpc) is 2.73. The fourth-order valence-electron chi connectivity index (χ4n) is 2.24. The number of aromatic amines is 1. The molecule has 0 unspecified atom stereocenters. The number of hydrogen-bond donors (Lipinski definition) is 2. The lowest BCUT2D eigenvalue weighted by atomic mass is 10.1. The normalized spacial score (nSPS) is 16.0. The van der Waals surface area contributed by atoms with Gasteiger partial charge in [0.1, 0.15) is 0 Å². The van der Waals surface area contributed by atoms with E-state index in [1.54, 1.807) is 0 Å². The molecule has 0 atom stereocenters. The van der Waals surface area contributed by atoms with Crippen molar-refractivity contribution >= 4 is 28.7 Å². The zero-order valence-corrected chi connectivity index (χ0v) is 10.8. The van der Waals surface area contributed by atoms with Crippen LogP contribution in [0.1, 0.15) is 17.5 Å². The summed E-state index contributed by atoms with van der Waals surface area (Å²) in [5.41, 5.74) is 3.20. The van der Waals surface area contributed by atoms with Gasteiger partial charge in [0.05, 0.1) is 5.52 Å². The molecule has 2 heterocycles. The first-order valence-electron chi connectivity index (χ1n) is 6.13.